The number of nitrogens with one attached hydrogen (secondary N) is 2. The van der Waals surface area contributed by atoms with Crippen LogP contribution in [0.3, 0.4) is 0 Å². The fourth-order valence-electron chi connectivity index (χ4n) is 3.67. The topological polar surface area (TPSA) is 46.1 Å². The number of hydrogen-bond acceptors (Lipinski definition) is 5. The summed E-state index contributed by atoms with van der Waals surface area (Å²) in [6.07, 6.45) is 4.99. The Hall–Kier alpha value is -1.60. The number of aryl methyl sites for hydroxylation is 1. The molecule has 0 unspecified atom stereocenters. The zero-order valence-corrected chi connectivity index (χ0v) is 19.2. The lowest BCUT2D eigenvalue weighted by molar-refractivity contribution is 0.630. The molecular formula is C22H30FN3OS2. The highest BCUT2D eigenvalue weighted by Crippen LogP contribution is 2.42. The number of hydrogen-bond donors (Lipinski definition) is 2. The van der Waals surface area contributed by atoms with Crippen LogP contribution < -0.4 is 15.6 Å². The van der Waals surface area contributed by atoms with Crippen LogP contribution in [0.2, 0.25) is 0 Å². The molecule has 0 atom stereocenters. The highest BCUT2D eigenvalue weighted by atomic mass is 32.2. The van der Waals surface area contributed by atoms with Gasteiger partial charge in [-0.15, -0.1) is 11.8 Å². The van der Waals surface area contributed by atoms with Crippen LogP contribution in [0, 0.1) is 19.7 Å². The Morgan fingerprint density at radius 1 is 1.17 bits per heavy atom. The molecule has 2 N–H and O–H groups in total. The first-order valence-corrected chi connectivity index (χ1v) is 12.3. The number of nitrogens with zero attached hydrogens (tertiary/aromatic N) is 1. The molecule has 1 aromatic carbocycles. The lowest BCUT2D eigenvalue weighted by atomic mass is 10.1. The van der Waals surface area contributed by atoms with E-state index < -0.39 is 0 Å². The third-order valence-corrected chi connectivity index (χ3v) is 7.43. The maximum Gasteiger partial charge on any atom is 0.256 e. The Morgan fingerprint density at radius 3 is 2.59 bits per heavy atom. The normalized spacial score (nSPS) is 15.6. The van der Waals surface area contributed by atoms with E-state index in [1.165, 1.54) is 31.7 Å². The molecule has 4 rings (SSSR count). The number of thioether (sulfide) groups is 1. The second kappa shape index (κ2) is 9.94. The van der Waals surface area contributed by atoms with Gasteiger partial charge in [0.15, 0.2) is 0 Å². The van der Waals surface area contributed by atoms with Gasteiger partial charge in [-0.2, -0.15) is 0 Å². The van der Waals surface area contributed by atoms with Gasteiger partial charge in [-0.1, -0.05) is 32.8 Å². The molecule has 2 aromatic rings. The molecule has 0 spiro atoms. The maximum absolute atomic E-state index is 14.4. The Labute approximate surface area is 181 Å². The molecule has 1 aliphatic heterocycles. The van der Waals surface area contributed by atoms with Gasteiger partial charge in [0.25, 0.3) is 5.56 Å². The first-order chi connectivity index (χ1) is 14.0. The third kappa shape index (κ3) is 4.77. The summed E-state index contributed by atoms with van der Waals surface area (Å²) in [4.78, 5) is 12.8. The minimum absolute atomic E-state index is 0.00133. The molecule has 0 bridgehead atoms. The van der Waals surface area contributed by atoms with E-state index in [0.717, 1.165) is 28.6 Å². The fourth-order valence-corrected chi connectivity index (χ4v) is 5.88. The van der Waals surface area contributed by atoms with Crippen LogP contribution in [0.5, 0.6) is 0 Å². The molecule has 7 heteroatoms. The molecule has 158 valence electrons. The van der Waals surface area contributed by atoms with E-state index in [9.17, 15) is 9.18 Å². The standard InChI is InChI=1S/C20H24FN3OS2.C2H6/c1-12-7-8-16(15(21)11-12)22-17-13(2)19(25)24-9-10-26-20(24)18(17)23-27-14-5-3-4-6-14;1-2/h7-8,11,14,22-23H,3-6,9-10H2,1-2H3;1-2H3. The Morgan fingerprint density at radius 2 is 1.90 bits per heavy atom. The van der Waals surface area contributed by atoms with E-state index in [-0.39, 0.29) is 11.4 Å². The highest BCUT2D eigenvalue weighted by Gasteiger charge is 2.25. The summed E-state index contributed by atoms with van der Waals surface area (Å²) in [5, 5.41) is 4.75. The molecule has 29 heavy (non-hydrogen) atoms. The van der Waals surface area contributed by atoms with Crippen LogP contribution in [0.15, 0.2) is 28.0 Å². The number of halogens is 1. The van der Waals surface area contributed by atoms with Gasteiger partial charge >= 0.3 is 0 Å². The number of pyridine rings is 1. The average molecular weight is 436 g/mol. The van der Waals surface area contributed by atoms with E-state index >= 15 is 0 Å². The molecule has 0 radical (unpaired) electrons. The van der Waals surface area contributed by atoms with Gasteiger partial charge in [0.2, 0.25) is 0 Å². The Bertz CT molecular complexity index is 923. The molecule has 1 aromatic heterocycles. The summed E-state index contributed by atoms with van der Waals surface area (Å²) in [6, 6.07) is 5.11. The van der Waals surface area contributed by atoms with Gasteiger partial charge in [0.05, 0.1) is 17.1 Å². The molecule has 2 aliphatic rings. The van der Waals surface area contributed by atoms with Crippen LogP contribution in [0.4, 0.5) is 21.5 Å². The zero-order chi connectivity index (χ0) is 21.0. The van der Waals surface area contributed by atoms with Gasteiger partial charge in [-0.05, 0) is 56.3 Å². The van der Waals surface area contributed by atoms with Crippen molar-refractivity contribution in [3.63, 3.8) is 0 Å². The predicted octanol–water partition coefficient (Wildman–Crippen LogP) is 6.48. The first kappa shape index (κ1) is 22.1. The molecular weight excluding hydrogens is 405 g/mol. The van der Waals surface area contributed by atoms with Gasteiger partial charge < -0.3 is 14.6 Å². The summed E-state index contributed by atoms with van der Waals surface area (Å²) in [5.74, 6) is 0.580. The number of fused-ring (bicyclic) bond motifs is 1. The van der Waals surface area contributed by atoms with Crippen LogP contribution in [-0.2, 0) is 6.54 Å². The van der Waals surface area contributed by atoms with E-state index in [4.69, 9.17) is 0 Å². The molecule has 1 saturated carbocycles. The van der Waals surface area contributed by atoms with Crippen molar-refractivity contribution in [1.82, 2.24) is 4.57 Å². The quantitative estimate of drug-likeness (QED) is 0.526. The van der Waals surface area contributed by atoms with E-state index in [1.54, 1.807) is 29.8 Å². The van der Waals surface area contributed by atoms with Crippen molar-refractivity contribution in [3.05, 3.63) is 45.5 Å². The fraction of sp³-hybridized carbons (Fsp3) is 0.500. The third-order valence-electron chi connectivity index (χ3n) is 5.22. The number of anilines is 3. The van der Waals surface area contributed by atoms with Crippen molar-refractivity contribution >= 4 is 40.8 Å². The Balaban J connectivity index is 0.00000117. The van der Waals surface area contributed by atoms with Gasteiger partial charge in [-0.3, -0.25) is 4.79 Å². The molecule has 0 saturated heterocycles. The second-order valence-electron chi connectivity index (χ2n) is 7.22. The average Bonchev–Trinajstić information content (AvgIpc) is 3.41. The smallest absolute Gasteiger partial charge is 0.256 e. The van der Waals surface area contributed by atoms with Crippen molar-refractivity contribution in [2.45, 2.75) is 70.2 Å². The van der Waals surface area contributed by atoms with Crippen molar-refractivity contribution in [2.24, 2.45) is 0 Å². The number of benzene rings is 1. The van der Waals surface area contributed by atoms with Crippen LogP contribution in [0.25, 0.3) is 0 Å². The Kier molecular flexibility index (Phi) is 7.57. The predicted molar refractivity (Wildman–Crippen MR) is 125 cm³/mol. The van der Waals surface area contributed by atoms with Crippen LogP contribution >= 0.6 is 23.7 Å². The number of rotatable bonds is 5. The van der Waals surface area contributed by atoms with E-state index in [1.807, 2.05) is 38.3 Å². The minimum atomic E-state index is -0.308. The summed E-state index contributed by atoms with van der Waals surface area (Å²) in [6.45, 7) is 8.40. The summed E-state index contributed by atoms with van der Waals surface area (Å²) >= 11 is 3.42. The zero-order valence-electron chi connectivity index (χ0n) is 17.6. The molecule has 2 heterocycles. The van der Waals surface area contributed by atoms with Gasteiger partial charge in [0, 0.05) is 23.1 Å². The van der Waals surface area contributed by atoms with Gasteiger partial charge in [0.1, 0.15) is 10.8 Å². The minimum Gasteiger partial charge on any atom is -0.351 e. The summed E-state index contributed by atoms with van der Waals surface area (Å²) < 4.78 is 19.8. The van der Waals surface area contributed by atoms with Crippen molar-refractivity contribution < 1.29 is 4.39 Å². The monoisotopic (exact) mass is 435 g/mol. The van der Waals surface area contributed by atoms with Crippen molar-refractivity contribution in [1.29, 1.82) is 0 Å². The van der Waals surface area contributed by atoms with E-state index in [0.29, 0.717) is 22.2 Å². The summed E-state index contributed by atoms with van der Waals surface area (Å²) in [5.41, 5.74) is 3.48. The van der Waals surface area contributed by atoms with E-state index in [2.05, 4.69) is 10.0 Å². The van der Waals surface area contributed by atoms with Crippen LogP contribution in [0.1, 0.15) is 50.7 Å². The molecule has 0 amide bonds. The lowest BCUT2D eigenvalue weighted by Gasteiger charge is -2.21. The number of aromatic nitrogens is 1. The molecule has 1 fully saturated rings. The first-order valence-electron chi connectivity index (χ1n) is 10.4. The molecule has 1 aliphatic carbocycles. The van der Waals surface area contributed by atoms with Crippen molar-refractivity contribution in [2.75, 3.05) is 15.8 Å². The van der Waals surface area contributed by atoms with Gasteiger partial charge in [-0.25, -0.2) is 4.39 Å². The van der Waals surface area contributed by atoms with Crippen molar-refractivity contribution in [3.8, 4) is 0 Å². The highest BCUT2D eigenvalue weighted by molar-refractivity contribution is 8.01. The second-order valence-corrected chi connectivity index (χ2v) is 9.41. The lowest BCUT2D eigenvalue weighted by Crippen LogP contribution is -2.24. The maximum atomic E-state index is 14.4. The summed E-state index contributed by atoms with van der Waals surface area (Å²) in [7, 11) is 0. The SMILES string of the molecule is CC.Cc1ccc(Nc2c(NSC3CCCC3)c3n(c(=O)c2C)CCS3)c(F)c1. The molecule has 4 nitrogen and oxygen atoms in total. The largest absolute Gasteiger partial charge is 0.351 e. The van der Waals surface area contributed by atoms with Crippen LogP contribution in [-0.4, -0.2) is 15.6 Å².